The van der Waals surface area contributed by atoms with Crippen LogP contribution < -0.4 is 0 Å². The van der Waals surface area contributed by atoms with E-state index in [-0.39, 0.29) is 17.9 Å². The number of fused-ring (bicyclic) bond motifs is 3. The number of nitrogens with zero attached hydrogens (tertiary/aromatic N) is 2. The summed E-state index contributed by atoms with van der Waals surface area (Å²) < 4.78 is 47.2. The zero-order valence-corrected chi connectivity index (χ0v) is 21.7. The lowest BCUT2D eigenvalue weighted by atomic mass is 9.53. The highest BCUT2D eigenvalue weighted by Gasteiger charge is 2.57. The van der Waals surface area contributed by atoms with Crippen LogP contribution >= 0.6 is 0 Å². The number of hydrogen-bond donors (Lipinski definition) is 1. The van der Waals surface area contributed by atoms with Crippen molar-refractivity contribution in [2.24, 2.45) is 10.8 Å². The van der Waals surface area contributed by atoms with Crippen molar-refractivity contribution in [3.05, 3.63) is 35.9 Å². The first kappa shape index (κ1) is 26.1. The quantitative estimate of drug-likeness (QED) is 0.558. The molecule has 1 unspecified atom stereocenters. The van der Waals surface area contributed by atoms with Crippen molar-refractivity contribution < 1.29 is 32.6 Å². The molecule has 6 nitrogen and oxygen atoms in total. The molecule has 9 heteroatoms. The number of rotatable bonds is 6. The Hall–Kier alpha value is -2.13. The number of likely N-dealkylation sites (tertiary alicyclic amines) is 1. The lowest BCUT2D eigenvalue weighted by Gasteiger charge is -2.53. The Morgan fingerprint density at radius 3 is 2.21 bits per heavy atom. The second kappa shape index (κ2) is 9.22. The number of piperidine rings is 1. The summed E-state index contributed by atoms with van der Waals surface area (Å²) in [4.78, 5) is 27.9. The van der Waals surface area contributed by atoms with Crippen molar-refractivity contribution in [3.63, 3.8) is 0 Å². The highest BCUT2D eigenvalue weighted by molar-refractivity contribution is 5.83. The normalized spacial score (nSPS) is 36.3. The van der Waals surface area contributed by atoms with Gasteiger partial charge < -0.3 is 19.6 Å². The van der Waals surface area contributed by atoms with E-state index in [1.807, 2.05) is 30.3 Å². The molecule has 6 aliphatic rings. The highest BCUT2D eigenvalue weighted by Crippen LogP contribution is 2.57. The van der Waals surface area contributed by atoms with Crippen LogP contribution in [0.25, 0.3) is 0 Å². The van der Waals surface area contributed by atoms with Gasteiger partial charge in [0, 0.05) is 31.6 Å². The van der Waals surface area contributed by atoms with Gasteiger partial charge in [-0.15, -0.1) is 0 Å². The zero-order valence-electron chi connectivity index (χ0n) is 21.7. The van der Waals surface area contributed by atoms with Crippen LogP contribution in [0.5, 0.6) is 0 Å². The summed E-state index contributed by atoms with van der Waals surface area (Å²) in [5.41, 5.74) is 0.179. The van der Waals surface area contributed by atoms with Crippen LogP contribution in [0.3, 0.4) is 0 Å². The van der Waals surface area contributed by atoms with E-state index in [0.29, 0.717) is 12.8 Å². The molecular weight excluding hydrogens is 497 g/mol. The number of ether oxygens (including phenoxy) is 1. The Kier molecular flexibility index (Phi) is 6.34. The minimum atomic E-state index is -4.90. The molecule has 38 heavy (non-hydrogen) atoms. The molecule has 2 aliphatic heterocycles. The molecule has 4 saturated carbocycles. The average Bonchev–Trinajstić information content (AvgIpc) is 3.59. The van der Waals surface area contributed by atoms with Crippen molar-refractivity contribution in [1.29, 1.82) is 0 Å². The number of amides is 1. The van der Waals surface area contributed by atoms with Gasteiger partial charge in [-0.2, -0.15) is 13.2 Å². The summed E-state index contributed by atoms with van der Waals surface area (Å²) in [6, 6.07) is 8.48. The van der Waals surface area contributed by atoms with Gasteiger partial charge in [0.15, 0.2) is 0 Å². The van der Waals surface area contributed by atoms with Crippen molar-refractivity contribution in [2.45, 2.75) is 94.0 Å². The largest absolute Gasteiger partial charge is 0.481 e. The standard InChI is InChI=1S/C29H37F3N2O4/c30-29(31,32)24(35)34(23-16-22(23)20-4-2-1-3-5-20)21-17-28(38-18-21)12-14-33(15-13-28)19-26-6-9-27(10-7-26,11-8-26)25(36)37/h1-5,21-23H,6-19H2,(H,36,37)/t21?,22-,23+,26?,27?/m0/s1. The van der Waals surface area contributed by atoms with Gasteiger partial charge in [-0.3, -0.25) is 9.59 Å². The van der Waals surface area contributed by atoms with E-state index in [9.17, 15) is 27.9 Å². The van der Waals surface area contributed by atoms with Crippen molar-refractivity contribution >= 4 is 11.9 Å². The number of alkyl halides is 3. The van der Waals surface area contributed by atoms with E-state index in [2.05, 4.69) is 4.90 Å². The number of hydrogen-bond acceptors (Lipinski definition) is 4. The van der Waals surface area contributed by atoms with Crippen LogP contribution in [0.15, 0.2) is 30.3 Å². The van der Waals surface area contributed by atoms with Gasteiger partial charge in [-0.05, 0) is 75.2 Å². The summed E-state index contributed by atoms with van der Waals surface area (Å²) in [6.45, 7) is 2.76. The fraction of sp³-hybridized carbons (Fsp3) is 0.724. The Morgan fingerprint density at radius 1 is 1.00 bits per heavy atom. The van der Waals surface area contributed by atoms with Gasteiger partial charge in [-0.1, -0.05) is 30.3 Å². The summed E-state index contributed by atoms with van der Waals surface area (Å²) in [5.74, 6) is -2.45. The van der Waals surface area contributed by atoms with Gasteiger partial charge in [0.25, 0.3) is 0 Å². The molecule has 1 aromatic rings. The first-order valence-corrected chi connectivity index (χ1v) is 14.1. The van der Waals surface area contributed by atoms with Gasteiger partial charge >= 0.3 is 18.1 Å². The lowest BCUT2D eigenvalue weighted by molar-refractivity contribution is -0.188. The molecule has 2 saturated heterocycles. The maximum absolute atomic E-state index is 13.6. The van der Waals surface area contributed by atoms with Gasteiger partial charge in [-0.25, -0.2) is 0 Å². The summed E-state index contributed by atoms with van der Waals surface area (Å²) >= 11 is 0. The van der Waals surface area contributed by atoms with E-state index >= 15 is 0 Å². The maximum atomic E-state index is 13.6. The molecule has 1 N–H and O–H groups in total. The average molecular weight is 535 g/mol. The molecule has 1 amide bonds. The first-order valence-electron chi connectivity index (χ1n) is 14.1. The number of halogens is 3. The van der Waals surface area contributed by atoms with Crippen LogP contribution in [-0.2, 0) is 14.3 Å². The summed E-state index contributed by atoms with van der Waals surface area (Å²) in [6.07, 6.45) is 2.76. The third-order valence-corrected chi connectivity index (χ3v) is 10.6. The predicted octanol–water partition coefficient (Wildman–Crippen LogP) is 4.98. The van der Waals surface area contributed by atoms with E-state index in [1.54, 1.807) is 0 Å². The van der Waals surface area contributed by atoms with Crippen LogP contribution in [0, 0.1) is 10.8 Å². The number of carbonyl (C=O) groups is 2. The molecule has 7 rings (SSSR count). The lowest BCUT2D eigenvalue weighted by Crippen LogP contribution is -2.53. The predicted molar refractivity (Wildman–Crippen MR) is 133 cm³/mol. The molecule has 0 aromatic heterocycles. The van der Waals surface area contributed by atoms with E-state index in [0.717, 1.165) is 81.5 Å². The minimum absolute atomic E-state index is 0.0639. The fourth-order valence-corrected chi connectivity index (χ4v) is 8.04. The number of aliphatic carboxylic acids is 1. The zero-order chi connectivity index (χ0) is 26.8. The Balaban J connectivity index is 1.08. The fourth-order valence-electron chi connectivity index (χ4n) is 8.04. The van der Waals surface area contributed by atoms with E-state index in [1.165, 1.54) is 0 Å². The Bertz CT molecular complexity index is 1040. The monoisotopic (exact) mass is 534 g/mol. The number of carboxylic acids is 1. The Labute approximate surface area is 221 Å². The SMILES string of the molecule is O=C(N(C1COC2(CCN(CC34CCC(C(=O)O)(CC3)CC4)CC2)C1)[C@@H]1C[C@H]1c1ccccc1)C(F)(F)F. The van der Waals surface area contributed by atoms with E-state index < -0.39 is 41.2 Å². The van der Waals surface area contributed by atoms with Crippen LogP contribution in [-0.4, -0.2) is 76.9 Å². The van der Waals surface area contributed by atoms with Gasteiger partial charge in [0.2, 0.25) is 0 Å². The summed E-state index contributed by atoms with van der Waals surface area (Å²) in [5, 5.41) is 9.68. The third-order valence-electron chi connectivity index (χ3n) is 10.6. The van der Waals surface area contributed by atoms with Crippen LogP contribution in [0.4, 0.5) is 13.2 Å². The number of carboxylic acid groups (broad SMARTS) is 1. The van der Waals surface area contributed by atoms with Gasteiger partial charge in [0.05, 0.1) is 23.7 Å². The van der Waals surface area contributed by atoms with Crippen molar-refractivity contribution in [3.8, 4) is 0 Å². The minimum Gasteiger partial charge on any atom is -0.481 e. The maximum Gasteiger partial charge on any atom is 0.471 e. The van der Waals surface area contributed by atoms with Gasteiger partial charge in [0.1, 0.15) is 0 Å². The molecule has 4 aliphatic carbocycles. The second-order valence-electron chi connectivity index (χ2n) is 12.7. The Morgan fingerprint density at radius 2 is 1.63 bits per heavy atom. The molecule has 0 radical (unpaired) electrons. The van der Waals surface area contributed by atoms with Crippen LogP contribution in [0.1, 0.15) is 75.7 Å². The van der Waals surface area contributed by atoms with Crippen LogP contribution in [0.2, 0.25) is 0 Å². The molecule has 208 valence electrons. The number of carbonyl (C=O) groups excluding carboxylic acids is 1. The molecule has 6 fully saturated rings. The number of benzene rings is 1. The second-order valence-corrected chi connectivity index (χ2v) is 12.7. The van der Waals surface area contributed by atoms with Crippen molar-refractivity contribution in [1.82, 2.24) is 9.80 Å². The van der Waals surface area contributed by atoms with Crippen molar-refractivity contribution in [2.75, 3.05) is 26.2 Å². The molecule has 1 aromatic carbocycles. The topological polar surface area (TPSA) is 70.1 Å². The molecule has 2 heterocycles. The molecule has 2 bridgehead atoms. The first-order chi connectivity index (χ1) is 18.0. The molecule has 3 atom stereocenters. The summed E-state index contributed by atoms with van der Waals surface area (Å²) in [7, 11) is 0. The molecule has 1 spiro atoms. The highest BCUT2D eigenvalue weighted by atomic mass is 19.4. The smallest absolute Gasteiger partial charge is 0.471 e. The molecular formula is C29H37F3N2O4. The third kappa shape index (κ3) is 4.63. The van der Waals surface area contributed by atoms with E-state index in [4.69, 9.17) is 4.74 Å².